The molecule has 0 radical (unpaired) electrons. The molecule has 134 valence electrons. The van der Waals surface area contributed by atoms with Crippen LogP contribution in [0.25, 0.3) is 10.8 Å². The van der Waals surface area contributed by atoms with Crippen molar-refractivity contribution in [1.29, 1.82) is 0 Å². The van der Waals surface area contributed by atoms with E-state index in [1.807, 2.05) is 13.8 Å². The van der Waals surface area contributed by atoms with Gasteiger partial charge in [0.05, 0.1) is 5.39 Å². The zero-order valence-corrected chi connectivity index (χ0v) is 14.4. The first-order chi connectivity index (χ1) is 12.5. The Morgan fingerprint density at radius 2 is 1.77 bits per heavy atom. The van der Waals surface area contributed by atoms with Crippen molar-refractivity contribution in [3.63, 3.8) is 0 Å². The minimum absolute atomic E-state index is 0.0765. The molecule has 0 fully saturated rings. The van der Waals surface area contributed by atoms with Gasteiger partial charge in [-0.3, -0.25) is 25.2 Å². The number of nitrogens with zero attached hydrogens (tertiary/aromatic N) is 2. The van der Waals surface area contributed by atoms with Crippen LogP contribution in [0.4, 0.5) is 0 Å². The van der Waals surface area contributed by atoms with Gasteiger partial charge in [0, 0.05) is 18.1 Å². The molecule has 2 aromatic heterocycles. The van der Waals surface area contributed by atoms with E-state index in [1.54, 1.807) is 42.6 Å². The summed E-state index contributed by atoms with van der Waals surface area (Å²) in [6.07, 6.45) is 1.60. The Kier molecular flexibility index (Phi) is 4.83. The lowest BCUT2D eigenvalue weighted by Crippen LogP contribution is -2.43. The minimum Gasteiger partial charge on any atom is -0.357 e. The lowest BCUT2D eigenvalue weighted by molar-refractivity contribution is 0.0841. The molecule has 0 atom stereocenters. The first kappa shape index (κ1) is 17.4. The Balaban J connectivity index is 1.92. The van der Waals surface area contributed by atoms with Crippen LogP contribution in [0.2, 0.25) is 0 Å². The second-order valence-corrected chi connectivity index (χ2v) is 6.27. The highest BCUT2D eigenvalue weighted by Gasteiger charge is 2.18. The van der Waals surface area contributed by atoms with Crippen LogP contribution in [0, 0.1) is 5.92 Å². The lowest BCUT2D eigenvalue weighted by atomic mass is 10.1. The van der Waals surface area contributed by atoms with Crippen molar-refractivity contribution in [2.24, 2.45) is 5.92 Å². The lowest BCUT2D eigenvalue weighted by Gasteiger charge is -2.13. The van der Waals surface area contributed by atoms with E-state index in [2.05, 4.69) is 20.9 Å². The summed E-state index contributed by atoms with van der Waals surface area (Å²) in [7, 11) is 0. The molecule has 26 heavy (non-hydrogen) atoms. The summed E-state index contributed by atoms with van der Waals surface area (Å²) in [5.74, 6) is -0.897. The molecule has 0 spiro atoms. The van der Waals surface area contributed by atoms with E-state index in [-0.39, 0.29) is 17.2 Å². The quantitative estimate of drug-likeness (QED) is 0.617. The molecule has 0 aliphatic carbocycles. The van der Waals surface area contributed by atoms with Crippen LogP contribution in [-0.2, 0) is 6.54 Å². The maximum absolute atomic E-state index is 12.6. The van der Waals surface area contributed by atoms with Gasteiger partial charge in [0.15, 0.2) is 5.69 Å². The number of benzene rings is 1. The summed E-state index contributed by atoms with van der Waals surface area (Å²) in [6.45, 7) is 4.30. The Hall–Kier alpha value is -3.42. The molecule has 8 nitrogen and oxygen atoms in total. The molecule has 0 unspecified atom stereocenters. The number of nitrogens with one attached hydrogen (secondary N) is 3. The summed E-state index contributed by atoms with van der Waals surface area (Å²) in [6, 6.07) is 10.0. The van der Waals surface area contributed by atoms with Gasteiger partial charge in [-0.05, 0) is 24.1 Å². The summed E-state index contributed by atoms with van der Waals surface area (Å²) < 4.78 is 1.29. The van der Waals surface area contributed by atoms with Crippen LogP contribution in [-0.4, -0.2) is 26.6 Å². The highest BCUT2D eigenvalue weighted by atomic mass is 16.2. The number of aromatic nitrogens is 3. The van der Waals surface area contributed by atoms with E-state index in [4.69, 9.17) is 0 Å². The van der Waals surface area contributed by atoms with Gasteiger partial charge in [-0.1, -0.05) is 32.0 Å². The summed E-state index contributed by atoms with van der Waals surface area (Å²) in [5, 5.41) is 5.06. The molecule has 3 N–H and O–H groups in total. The molecule has 0 aliphatic heterocycles. The van der Waals surface area contributed by atoms with E-state index in [0.29, 0.717) is 23.0 Å². The van der Waals surface area contributed by atoms with Crippen molar-refractivity contribution < 1.29 is 9.59 Å². The van der Waals surface area contributed by atoms with Gasteiger partial charge in [0.25, 0.3) is 17.4 Å². The fourth-order valence-electron chi connectivity index (χ4n) is 2.58. The van der Waals surface area contributed by atoms with Crippen molar-refractivity contribution >= 4 is 22.6 Å². The van der Waals surface area contributed by atoms with Crippen molar-refractivity contribution in [3.8, 4) is 0 Å². The Morgan fingerprint density at radius 1 is 1.08 bits per heavy atom. The second kappa shape index (κ2) is 7.22. The predicted octanol–water partition coefficient (Wildman–Crippen LogP) is 1.46. The molecule has 0 saturated heterocycles. The van der Waals surface area contributed by atoms with Crippen LogP contribution in [0.1, 0.15) is 34.8 Å². The monoisotopic (exact) mass is 353 g/mol. The first-order valence-corrected chi connectivity index (χ1v) is 8.21. The Bertz CT molecular complexity index is 1010. The number of hydrogen-bond acceptors (Lipinski definition) is 4. The fraction of sp³-hybridized carbons (Fsp3) is 0.222. The minimum atomic E-state index is -0.599. The number of fused-ring (bicyclic) bond motifs is 1. The van der Waals surface area contributed by atoms with Gasteiger partial charge in [-0.25, -0.2) is 4.68 Å². The molecule has 0 saturated carbocycles. The van der Waals surface area contributed by atoms with Gasteiger partial charge in [0.2, 0.25) is 0 Å². The molecule has 2 amide bonds. The molecular weight excluding hydrogens is 334 g/mol. The predicted molar refractivity (Wildman–Crippen MR) is 96.6 cm³/mol. The number of hydrazine groups is 1. The van der Waals surface area contributed by atoms with E-state index in [9.17, 15) is 14.4 Å². The average molecular weight is 353 g/mol. The molecule has 1 aromatic carbocycles. The van der Waals surface area contributed by atoms with Crippen LogP contribution in [0.5, 0.6) is 0 Å². The fourth-order valence-corrected chi connectivity index (χ4v) is 2.58. The number of amides is 2. The molecule has 0 bridgehead atoms. The molecular formula is C18H19N5O3. The normalized spacial score (nSPS) is 10.9. The Morgan fingerprint density at radius 3 is 2.42 bits per heavy atom. The van der Waals surface area contributed by atoms with Gasteiger partial charge in [0.1, 0.15) is 5.69 Å². The zero-order chi connectivity index (χ0) is 18.7. The number of aromatic amines is 1. The third-order valence-corrected chi connectivity index (χ3v) is 3.75. The maximum atomic E-state index is 12.6. The SMILES string of the molecule is CC(C)Cn1nc(C(=O)NNC(=O)c2ccc[nH]2)c2ccccc2c1=O. The van der Waals surface area contributed by atoms with Gasteiger partial charge in [-0.15, -0.1) is 0 Å². The van der Waals surface area contributed by atoms with E-state index >= 15 is 0 Å². The summed E-state index contributed by atoms with van der Waals surface area (Å²) in [5.41, 5.74) is 4.81. The van der Waals surface area contributed by atoms with Crippen LogP contribution in [0.15, 0.2) is 47.4 Å². The third kappa shape index (κ3) is 3.49. The van der Waals surface area contributed by atoms with Crippen molar-refractivity contribution in [2.45, 2.75) is 20.4 Å². The van der Waals surface area contributed by atoms with Crippen LogP contribution >= 0.6 is 0 Å². The topological polar surface area (TPSA) is 109 Å². The molecule has 0 aliphatic rings. The van der Waals surface area contributed by atoms with E-state index in [1.165, 1.54) is 4.68 Å². The average Bonchev–Trinajstić information content (AvgIpc) is 3.16. The number of H-pyrrole nitrogens is 1. The Labute approximate surface area is 149 Å². The van der Waals surface area contributed by atoms with Gasteiger partial charge < -0.3 is 4.98 Å². The van der Waals surface area contributed by atoms with Crippen molar-refractivity contribution in [3.05, 3.63) is 64.3 Å². The standard InChI is InChI=1S/C18H19N5O3/c1-11(2)10-23-18(26)13-7-4-3-6-12(13)15(22-23)17(25)21-20-16(24)14-8-5-9-19-14/h3-9,11,19H,10H2,1-2H3,(H,20,24)(H,21,25). The number of hydrogen-bond donors (Lipinski definition) is 3. The smallest absolute Gasteiger partial charge is 0.290 e. The third-order valence-electron chi connectivity index (χ3n) is 3.75. The van der Waals surface area contributed by atoms with Crippen LogP contribution in [0.3, 0.4) is 0 Å². The highest BCUT2D eigenvalue weighted by molar-refractivity contribution is 6.05. The van der Waals surface area contributed by atoms with E-state index < -0.39 is 11.8 Å². The number of rotatable bonds is 4. The number of carbonyl (C=O) groups is 2. The molecule has 2 heterocycles. The van der Waals surface area contributed by atoms with Crippen molar-refractivity contribution in [2.75, 3.05) is 0 Å². The zero-order valence-electron chi connectivity index (χ0n) is 14.4. The van der Waals surface area contributed by atoms with Crippen LogP contribution < -0.4 is 16.4 Å². The van der Waals surface area contributed by atoms with Gasteiger partial charge >= 0.3 is 0 Å². The molecule has 3 aromatic rings. The second-order valence-electron chi connectivity index (χ2n) is 6.27. The highest BCUT2D eigenvalue weighted by Crippen LogP contribution is 2.13. The van der Waals surface area contributed by atoms with Gasteiger partial charge in [-0.2, -0.15) is 5.10 Å². The maximum Gasteiger partial charge on any atom is 0.290 e. The first-order valence-electron chi connectivity index (χ1n) is 8.21. The van der Waals surface area contributed by atoms with E-state index in [0.717, 1.165) is 0 Å². The summed E-state index contributed by atoms with van der Waals surface area (Å²) >= 11 is 0. The number of carbonyl (C=O) groups excluding carboxylic acids is 2. The summed E-state index contributed by atoms with van der Waals surface area (Å²) in [4.78, 5) is 39.8. The largest absolute Gasteiger partial charge is 0.357 e. The van der Waals surface area contributed by atoms with Crippen molar-refractivity contribution in [1.82, 2.24) is 25.6 Å². The molecule has 8 heteroatoms. The molecule has 3 rings (SSSR count).